The summed E-state index contributed by atoms with van der Waals surface area (Å²) in [5.74, 6) is -1.70. The number of nitrogens with two attached hydrogens (primary N) is 2. The molecule has 0 amide bonds. The van der Waals surface area contributed by atoms with Gasteiger partial charge in [0.15, 0.2) is 23.1 Å². The van der Waals surface area contributed by atoms with E-state index in [2.05, 4.69) is 15.0 Å². The standard InChI is InChI=1S/C25H25F4N7O/c26-17-4-2-15(9-18(17)27)14-3-5-19(35-7-1-6-25(31,11-35)21(37)22(28)29)16(8-14)10-36-13-34-20-23(30)32-12-33-24(20)36/h2-5,8-9,12-13,21-22,37H,1,6-7,10-11,31H2,(H2,30,32,33). The molecule has 1 fully saturated rings. The van der Waals surface area contributed by atoms with Crippen LogP contribution in [0.1, 0.15) is 18.4 Å². The first-order valence-corrected chi connectivity index (χ1v) is 11.7. The highest BCUT2D eigenvalue weighted by Crippen LogP contribution is 2.34. The zero-order valence-corrected chi connectivity index (χ0v) is 19.7. The van der Waals surface area contributed by atoms with E-state index in [9.17, 15) is 22.7 Å². The van der Waals surface area contributed by atoms with Gasteiger partial charge in [-0.2, -0.15) is 0 Å². The number of benzene rings is 2. The Morgan fingerprint density at radius 2 is 1.78 bits per heavy atom. The van der Waals surface area contributed by atoms with Crippen molar-refractivity contribution < 1.29 is 22.7 Å². The Hall–Kier alpha value is -3.77. The number of piperidine rings is 1. The lowest BCUT2D eigenvalue weighted by Gasteiger charge is -2.44. The van der Waals surface area contributed by atoms with Gasteiger partial charge in [0, 0.05) is 18.8 Å². The van der Waals surface area contributed by atoms with Crippen LogP contribution in [0.4, 0.5) is 29.1 Å². The molecule has 0 saturated carbocycles. The van der Waals surface area contributed by atoms with Crippen molar-refractivity contribution in [1.29, 1.82) is 0 Å². The molecule has 0 spiro atoms. The van der Waals surface area contributed by atoms with Gasteiger partial charge in [-0.3, -0.25) is 0 Å². The molecule has 0 aliphatic carbocycles. The number of aliphatic hydroxyl groups excluding tert-OH is 1. The maximum atomic E-state index is 14.0. The van der Waals surface area contributed by atoms with E-state index in [1.807, 2.05) is 11.0 Å². The van der Waals surface area contributed by atoms with Crippen molar-refractivity contribution >= 4 is 22.7 Å². The van der Waals surface area contributed by atoms with E-state index < -0.39 is 29.7 Å². The number of fused-ring (bicyclic) bond motifs is 1. The Morgan fingerprint density at radius 1 is 1.03 bits per heavy atom. The molecule has 37 heavy (non-hydrogen) atoms. The Balaban J connectivity index is 1.58. The molecule has 5 N–H and O–H groups in total. The SMILES string of the molecule is Nc1ncnc2c1ncn2Cc1cc(-c2ccc(F)c(F)c2)ccc1N1CCCC(N)(C(O)C(F)F)C1. The van der Waals surface area contributed by atoms with Gasteiger partial charge in [0.2, 0.25) is 0 Å². The number of rotatable bonds is 6. The van der Waals surface area contributed by atoms with Crippen LogP contribution < -0.4 is 16.4 Å². The lowest BCUT2D eigenvalue weighted by Crippen LogP contribution is -2.63. The molecule has 12 heteroatoms. The third kappa shape index (κ3) is 4.69. The van der Waals surface area contributed by atoms with E-state index in [-0.39, 0.29) is 25.3 Å². The molecular weight excluding hydrogens is 490 g/mol. The van der Waals surface area contributed by atoms with Crippen molar-refractivity contribution in [2.24, 2.45) is 5.73 Å². The average molecular weight is 516 g/mol. The van der Waals surface area contributed by atoms with Crippen molar-refractivity contribution in [3.63, 3.8) is 0 Å². The summed E-state index contributed by atoms with van der Waals surface area (Å²) in [6.07, 6.45) is -1.30. The van der Waals surface area contributed by atoms with E-state index in [1.54, 1.807) is 23.0 Å². The van der Waals surface area contributed by atoms with Crippen LogP contribution in [-0.4, -0.2) is 55.8 Å². The topological polar surface area (TPSA) is 119 Å². The quantitative estimate of drug-likeness (QED) is 0.337. The van der Waals surface area contributed by atoms with Gasteiger partial charge in [-0.25, -0.2) is 32.5 Å². The molecule has 194 valence electrons. The third-order valence-electron chi connectivity index (χ3n) is 6.83. The van der Waals surface area contributed by atoms with E-state index in [4.69, 9.17) is 11.5 Å². The summed E-state index contributed by atoms with van der Waals surface area (Å²) in [5, 5.41) is 10.1. The van der Waals surface area contributed by atoms with Crippen molar-refractivity contribution in [1.82, 2.24) is 19.5 Å². The summed E-state index contributed by atoms with van der Waals surface area (Å²) in [6.45, 7) is 0.799. The molecule has 2 atom stereocenters. The predicted molar refractivity (Wildman–Crippen MR) is 131 cm³/mol. The van der Waals surface area contributed by atoms with Gasteiger partial charge >= 0.3 is 0 Å². The van der Waals surface area contributed by atoms with Crippen molar-refractivity contribution in [3.05, 3.63) is 66.3 Å². The van der Waals surface area contributed by atoms with E-state index in [0.717, 1.165) is 17.7 Å². The summed E-state index contributed by atoms with van der Waals surface area (Å²) in [5.41, 5.74) is 14.1. The van der Waals surface area contributed by atoms with Crippen LogP contribution in [0.15, 0.2) is 49.1 Å². The van der Waals surface area contributed by atoms with E-state index in [0.29, 0.717) is 40.9 Å². The zero-order valence-electron chi connectivity index (χ0n) is 19.7. The smallest absolute Gasteiger partial charge is 0.265 e. The van der Waals surface area contributed by atoms with Crippen LogP contribution in [-0.2, 0) is 6.54 Å². The number of nitrogen functional groups attached to an aromatic ring is 1. The van der Waals surface area contributed by atoms with Gasteiger partial charge in [-0.15, -0.1) is 0 Å². The van der Waals surface area contributed by atoms with Crippen molar-refractivity contribution in [2.75, 3.05) is 23.7 Å². The maximum absolute atomic E-state index is 14.0. The van der Waals surface area contributed by atoms with E-state index in [1.165, 1.54) is 12.4 Å². The first kappa shape index (κ1) is 24.9. The highest BCUT2D eigenvalue weighted by Gasteiger charge is 2.43. The first-order chi connectivity index (χ1) is 17.7. The number of alkyl halides is 2. The molecule has 1 saturated heterocycles. The number of nitrogens with zero attached hydrogens (tertiary/aromatic N) is 5. The molecule has 2 aromatic carbocycles. The monoisotopic (exact) mass is 515 g/mol. The molecule has 8 nitrogen and oxygen atoms in total. The van der Waals surface area contributed by atoms with Gasteiger partial charge in [-0.1, -0.05) is 12.1 Å². The number of imidazole rings is 1. The number of hydrogen-bond donors (Lipinski definition) is 3. The fourth-order valence-electron chi connectivity index (χ4n) is 4.88. The van der Waals surface area contributed by atoms with Crippen molar-refractivity contribution in [3.8, 4) is 11.1 Å². The summed E-state index contributed by atoms with van der Waals surface area (Å²) in [6, 6.07) is 8.99. The molecule has 1 aliphatic heterocycles. The van der Waals surface area contributed by atoms with E-state index >= 15 is 0 Å². The molecular formula is C25H25F4N7O. The Morgan fingerprint density at radius 3 is 2.54 bits per heavy atom. The van der Waals surface area contributed by atoms with Crippen LogP contribution in [0, 0.1) is 11.6 Å². The molecule has 1 aliphatic rings. The zero-order chi connectivity index (χ0) is 26.3. The minimum Gasteiger partial charge on any atom is -0.385 e. The van der Waals surface area contributed by atoms with Crippen LogP contribution in [0.2, 0.25) is 0 Å². The molecule has 0 radical (unpaired) electrons. The van der Waals surface area contributed by atoms with Gasteiger partial charge in [0.1, 0.15) is 17.9 Å². The largest absolute Gasteiger partial charge is 0.385 e. The molecule has 5 rings (SSSR count). The second-order valence-electron chi connectivity index (χ2n) is 9.31. The number of aromatic nitrogens is 4. The van der Waals surface area contributed by atoms with Crippen LogP contribution in [0.25, 0.3) is 22.3 Å². The Bertz CT molecular complexity index is 1450. The molecule has 2 aromatic heterocycles. The van der Waals surface area contributed by atoms with Gasteiger partial charge in [0.05, 0.1) is 18.4 Å². The number of hydrogen-bond acceptors (Lipinski definition) is 7. The second-order valence-corrected chi connectivity index (χ2v) is 9.31. The number of anilines is 2. The number of aliphatic hydroxyl groups is 1. The summed E-state index contributed by atoms with van der Waals surface area (Å²) >= 11 is 0. The lowest BCUT2D eigenvalue weighted by molar-refractivity contribution is -0.0529. The third-order valence-corrected chi connectivity index (χ3v) is 6.83. The molecule has 3 heterocycles. The number of halogens is 4. The lowest BCUT2D eigenvalue weighted by atomic mass is 9.84. The van der Waals surface area contributed by atoms with Gasteiger partial charge in [0.25, 0.3) is 6.43 Å². The Kier molecular flexibility index (Phi) is 6.46. The fraction of sp³-hybridized carbons (Fsp3) is 0.320. The minimum absolute atomic E-state index is 0.00975. The molecule has 0 bridgehead atoms. The average Bonchev–Trinajstić information content (AvgIpc) is 3.29. The summed E-state index contributed by atoms with van der Waals surface area (Å²) in [4.78, 5) is 14.4. The highest BCUT2D eigenvalue weighted by atomic mass is 19.3. The summed E-state index contributed by atoms with van der Waals surface area (Å²) in [7, 11) is 0. The second kappa shape index (κ2) is 9.60. The van der Waals surface area contributed by atoms with Crippen LogP contribution in [0.5, 0.6) is 0 Å². The van der Waals surface area contributed by atoms with Gasteiger partial charge < -0.3 is 26.0 Å². The summed E-state index contributed by atoms with van der Waals surface area (Å²) < 4.78 is 56.0. The van der Waals surface area contributed by atoms with Gasteiger partial charge in [-0.05, 0) is 53.8 Å². The Labute approximate surface area is 209 Å². The predicted octanol–water partition coefficient (Wildman–Crippen LogP) is 3.33. The highest BCUT2D eigenvalue weighted by molar-refractivity contribution is 5.81. The maximum Gasteiger partial charge on any atom is 0.265 e. The molecule has 4 aromatic rings. The fourth-order valence-corrected chi connectivity index (χ4v) is 4.88. The van der Waals surface area contributed by atoms with Crippen molar-refractivity contribution in [2.45, 2.75) is 37.5 Å². The molecule has 2 unspecified atom stereocenters. The minimum atomic E-state index is -2.97. The van der Waals surface area contributed by atoms with Crippen LogP contribution >= 0.6 is 0 Å². The van der Waals surface area contributed by atoms with Crippen LogP contribution in [0.3, 0.4) is 0 Å². The first-order valence-electron chi connectivity index (χ1n) is 11.7. The normalized spacial score (nSPS) is 19.1.